The predicted octanol–water partition coefficient (Wildman–Crippen LogP) is 3.85. The molecule has 0 spiro atoms. The zero-order valence-electron chi connectivity index (χ0n) is 11.5. The molecule has 0 fully saturated rings. The minimum absolute atomic E-state index is 0.136. The second-order valence-corrected chi connectivity index (χ2v) is 10.6. The SMILES string of the molecule is CCOC(=O)/C(=C/[Si](C)(C)C)C1=CCCCC1. The van der Waals surface area contributed by atoms with Crippen molar-refractivity contribution in [2.75, 3.05) is 6.61 Å². The smallest absolute Gasteiger partial charge is 0.337 e. The Morgan fingerprint density at radius 1 is 1.41 bits per heavy atom. The van der Waals surface area contributed by atoms with Crippen molar-refractivity contribution in [2.45, 2.75) is 52.2 Å². The Bertz CT molecular complexity index is 335. The maximum atomic E-state index is 12.0. The van der Waals surface area contributed by atoms with Crippen LogP contribution in [0.25, 0.3) is 0 Å². The standard InChI is InChI=1S/C14H24O2Si/c1-5-16-14(15)13(11-17(2,3)4)12-9-7-6-8-10-12/h9,11H,5-8,10H2,1-4H3/b13-11+. The van der Waals surface area contributed by atoms with Crippen LogP contribution in [-0.2, 0) is 9.53 Å². The summed E-state index contributed by atoms with van der Waals surface area (Å²) < 4.78 is 5.18. The van der Waals surface area contributed by atoms with Crippen molar-refractivity contribution in [3.8, 4) is 0 Å². The van der Waals surface area contributed by atoms with E-state index in [9.17, 15) is 4.79 Å². The lowest BCUT2D eigenvalue weighted by Gasteiger charge is -2.19. The van der Waals surface area contributed by atoms with Crippen LogP contribution in [0.2, 0.25) is 19.6 Å². The molecule has 1 aliphatic carbocycles. The Balaban J connectivity index is 2.97. The van der Waals surface area contributed by atoms with Gasteiger partial charge in [-0.15, -0.1) is 0 Å². The Kier molecular flexibility index (Phi) is 5.19. The summed E-state index contributed by atoms with van der Waals surface area (Å²) in [6.45, 7) is 9.05. The van der Waals surface area contributed by atoms with Crippen LogP contribution in [0.5, 0.6) is 0 Å². The number of esters is 1. The van der Waals surface area contributed by atoms with Crippen molar-refractivity contribution in [2.24, 2.45) is 0 Å². The highest BCUT2D eigenvalue weighted by Gasteiger charge is 2.21. The third-order valence-electron chi connectivity index (χ3n) is 2.71. The third-order valence-corrected chi connectivity index (χ3v) is 3.86. The lowest BCUT2D eigenvalue weighted by Crippen LogP contribution is -2.21. The highest BCUT2D eigenvalue weighted by atomic mass is 28.3. The maximum absolute atomic E-state index is 12.0. The van der Waals surface area contributed by atoms with Gasteiger partial charge in [0.1, 0.15) is 0 Å². The number of hydrogen-bond donors (Lipinski definition) is 0. The zero-order chi connectivity index (χ0) is 12.9. The van der Waals surface area contributed by atoms with Gasteiger partial charge in [-0.2, -0.15) is 0 Å². The molecule has 1 aliphatic rings. The Morgan fingerprint density at radius 2 is 2.12 bits per heavy atom. The Labute approximate surface area is 106 Å². The molecule has 0 aromatic carbocycles. The van der Waals surface area contributed by atoms with Crippen molar-refractivity contribution in [1.29, 1.82) is 0 Å². The molecular weight excluding hydrogens is 228 g/mol. The molecule has 0 bridgehead atoms. The average Bonchev–Trinajstić information content (AvgIpc) is 2.26. The van der Waals surface area contributed by atoms with E-state index in [1.807, 2.05) is 6.92 Å². The van der Waals surface area contributed by atoms with Crippen LogP contribution in [0.1, 0.15) is 32.6 Å². The van der Waals surface area contributed by atoms with Gasteiger partial charge >= 0.3 is 5.97 Å². The fraction of sp³-hybridized carbons (Fsp3) is 0.643. The molecule has 96 valence electrons. The van der Waals surface area contributed by atoms with E-state index in [1.54, 1.807) is 0 Å². The van der Waals surface area contributed by atoms with Crippen molar-refractivity contribution < 1.29 is 9.53 Å². The average molecular weight is 252 g/mol. The fourth-order valence-electron chi connectivity index (χ4n) is 2.01. The molecule has 0 aromatic heterocycles. The first-order valence-electron chi connectivity index (χ1n) is 6.53. The number of carbonyl (C=O) groups is 1. The lowest BCUT2D eigenvalue weighted by atomic mass is 9.94. The van der Waals surface area contributed by atoms with Gasteiger partial charge in [0.2, 0.25) is 0 Å². The second kappa shape index (κ2) is 6.19. The van der Waals surface area contributed by atoms with E-state index in [1.165, 1.54) is 18.4 Å². The number of rotatable bonds is 4. The van der Waals surface area contributed by atoms with Crippen molar-refractivity contribution in [3.63, 3.8) is 0 Å². The number of hydrogen-bond acceptors (Lipinski definition) is 2. The lowest BCUT2D eigenvalue weighted by molar-refractivity contribution is -0.138. The third kappa shape index (κ3) is 4.90. The van der Waals surface area contributed by atoms with Crippen LogP contribution in [0, 0.1) is 0 Å². The first kappa shape index (κ1) is 14.2. The first-order chi connectivity index (χ1) is 7.94. The van der Waals surface area contributed by atoms with Gasteiger partial charge in [0.25, 0.3) is 0 Å². The summed E-state index contributed by atoms with van der Waals surface area (Å²) in [5.74, 6) is -0.136. The molecule has 1 rings (SSSR count). The van der Waals surface area contributed by atoms with Crippen LogP contribution in [0.4, 0.5) is 0 Å². The summed E-state index contributed by atoms with van der Waals surface area (Å²) in [6.07, 6.45) is 6.76. The van der Waals surface area contributed by atoms with Crippen molar-refractivity contribution in [1.82, 2.24) is 0 Å². The maximum Gasteiger partial charge on any atom is 0.337 e. The molecule has 0 atom stereocenters. The quantitative estimate of drug-likeness (QED) is 0.431. The molecular formula is C14H24O2Si. The first-order valence-corrected chi connectivity index (χ1v) is 10.1. The van der Waals surface area contributed by atoms with Gasteiger partial charge in [0, 0.05) is 0 Å². The summed E-state index contributed by atoms with van der Waals surface area (Å²) in [5, 5.41) is 0. The van der Waals surface area contributed by atoms with Crippen LogP contribution >= 0.6 is 0 Å². The van der Waals surface area contributed by atoms with Gasteiger partial charge in [-0.25, -0.2) is 4.79 Å². The molecule has 3 heteroatoms. The molecule has 2 nitrogen and oxygen atoms in total. The van der Waals surface area contributed by atoms with E-state index in [4.69, 9.17) is 4.74 Å². The molecule has 0 heterocycles. The molecule has 17 heavy (non-hydrogen) atoms. The molecule has 0 saturated carbocycles. The minimum atomic E-state index is -1.40. The molecule has 0 amide bonds. The largest absolute Gasteiger partial charge is 0.462 e. The summed E-state index contributed by atoms with van der Waals surface area (Å²) in [7, 11) is -1.40. The van der Waals surface area contributed by atoms with Crippen LogP contribution in [0.15, 0.2) is 22.9 Å². The summed E-state index contributed by atoms with van der Waals surface area (Å²) in [4.78, 5) is 12.0. The van der Waals surface area contributed by atoms with Crippen LogP contribution < -0.4 is 0 Å². The van der Waals surface area contributed by atoms with E-state index in [0.717, 1.165) is 18.4 Å². The summed E-state index contributed by atoms with van der Waals surface area (Å²) >= 11 is 0. The number of allylic oxidation sites excluding steroid dienone is 1. The summed E-state index contributed by atoms with van der Waals surface area (Å²) in [5.41, 5.74) is 4.23. The van der Waals surface area contributed by atoms with Gasteiger partial charge < -0.3 is 4.74 Å². The molecule has 0 saturated heterocycles. The number of ether oxygens (including phenoxy) is 1. The van der Waals surface area contributed by atoms with E-state index in [0.29, 0.717) is 6.61 Å². The zero-order valence-corrected chi connectivity index (χ0v) is 12.5. The monoisotopic (exact) mass is 252 g/mol. The Morgan fingerprint density at radius 3 is 2.59 bits per heavy atom. The Hall–Kier alpha value is -0.833. The normalized spacial score (nSPS) is 17.6. The highest BCUT2D eigenvalue weighted by Crippen LogP contribution is 2.26. The van der Waals surface area contributed by atoms with Crippen LogP contribution in [-0.4, -0.2) is 20.7 Å². The minimum Gasteiger partial charge on any atom is -0.462 e. The topological polar surface area (TPSA) is 26.3 Å². The second-order valence-electron chi connectivity index (χ2n) is 5.62. The molecule has 0 radical (unpaired) electrons. The van der Waals surface area contributed by atoms with Gasteiger partial charge in [0.05, 0.1) is 20.3 Å². The van der Waals surface area contributed by atoms with E-state index < -0.39 is 8.07 Å². The van der Waals surface area contributed by atoms with Crippen LogP contribution in [0.3, 0.4) is 0 Å². The van der Waals surface area contributed by atoms with Gasteiger partial charge in [-0.3, -0.25) is 0 Å². The summed E-state index contributed by atoms with van der Waals surface area (Å²) in [6, 6.07) is 0. The van der Waals surface area contributed by atoms with Gasteiger partial charge in [0.15, 0.2) is 0 Å². The predicted molar refractivity (Wildman–Crippen MR) is 74.6 cm³/mol. The number of carbonyl (C=O) groups excluding carboxylic acids is 1. The van der Waals surface area contributed by atoms with E-state index in [-0.39, 0.29) is 5.97 Å². The van der Waals surface area contributed by atoms with Gasteiger partial charge in [-0.05, 0) is 38.2 Å². The molecule has 0 aromatic rings. The van der Waals surface area contributed by atoms with E-state index >= 15 is 0 Å². The molecule has 0 N–H and O–H groups in total. The van der Waals surface area contributed by atoms with E-state index in [2.05, 4.69) is 31.4 Å². The molecule has 0 aliphatic heterocycles. The van der Waals surface area contributed by atoms with Crippen molar-refractivity contribution >= 4 is 14.0 Å². The highest BCUT2D eigenvalue weighted by molar-refractivity contribution is 6.81. The molecule has 0 unspecified atom stereocenters. The van der Waals surface area contributed by atoms with Crippen molar-refractivity contribution in [3.05, 3.63) is 22.9 Å². The van der Waals surface area contributed by atoms with Gasteiger partial charge in [-0.1, -0.05) is 31.4 Å². The fourth-order valence-corrected chi connectivity index (χ4v) is 3.18.